The van der Waals surface area contributed by atoms with Crippen LogP contribution in [-0.2, 0) is 16.1 Å². The highest BCUT2D eigenvalue weighted by molar-refractivity contribution is 5.87. The first-order valence-corrected chi connectivity index (χ1v) is 9.54. The molecule has 1 atom stereocenters. The van der Waals surface area contributed by atoms with Crippen LogP contribution in [0.5, 0.6) is 11.5 Å². The number of nitrogens with zero attached hydrogens (tertiary/aromatic N) is 2. The molecule has 31 heavy (non-hydrogen) atoms. The number of benzene rings is 2. The Bertz CT molecular complexity index is 952. The molecule has 0 spiro atoms. The molecule has 2 aromatic rings. The SMILES string of the molecule is CCNC(=O)C(C)N(Cc1ccccc1F)C(=O)COc1ccc([N+](=O)[O-])c(OC)c1. The third-order valence-electron chi connectivity index (χ3n) is 4.53. The monoisotopic (exact) mass is 433 g/mol. The molecule has 9 nitrogen and oxygen atoms in total. The molecule has 0 saturated heterocycles. The van der Waals surface area contributed by atoms with E-state index in [1.54, 1.807) is 19.9 Å². The highest BCUT2D eigenvalue weighted by Gasteiger charge is 2.27. The summed E-state index contributed by atoms with van der Waals surface area (Å²) in [6, 6.07) is 8.93. The van der Waals surface area contributed by atoms with Crippen molar-refractivity contribution >= 4 is 17.5 Å². The van der Waals surface area contributed by atoms with Crippen molar-refractivity contribution in [2.24, 2.45) is 0 Å². The van der Waals surface area contributed by atoms with Gasteiger partial charge in [-0.3, -0.25) is 19.7 Å². The average molecular weight is 433 g/mol. The Kier molecular flexibility index (Phi) is 8.30. The van der Waals surface area contributed by atoms with E-state index >= 15 is 0 Å². The minimum atomic E-state index is -0.873. The van der Waals surface area contributed by atoms with E-state index in [1.807, 2.05) is 0 Å². The molecule has 0 aliphatic heterocycles. The molecule has 0 aliphatic carbocycles. The zero-order valence-electron chi connectivity index (χ0n) is 17.5. The predicted octanol–water partition coefficient (Wildman–Crippen LogP) is 2.67. The van der Waals surface area contributed by atoms with Gasteiger partial charge in [-0.2, -0.15) is 0 Å². The molecule has 0 radical (unpaired) electrons. The quantitative estimate of drug-likeness (QED) is 0.456. The van der Waals surface area contributed by atoms with E-state index in [4.69, 9.17) is 9.47 Å². The number of carbonyl (C=O) groups excluding carboxylic acids is 2. The van der Waals surface area contributed by atoms with Gasteiger partial charge in [-0.1, -0.05) is 18.2 Å². The number of carbonyl (C=O) groups is 2. The molecule has 2 aromatic carbocycles. The summed E-state index contributed by atoms with van der Waals surface area (Å²) in [5.74, 6) is -1.28. The molecule has 0 aliphatic rings. The normalized spacial score (nSPS) is 11.4. The van der Waals surface area contributed by atoms with Crippen LogP contribution in [0, 0.1) is 15.9 Å². The summed E-state index contributed by atoms with van der Waals surface area (Å²) in [6.45, 7) is 3.08. The van der Waals surface area contributed by atoms with E-state index in [0.717, 1.165) is 0 Å². The summed E-state index contributed by atoms with van der Waals surface area (Å²) in [5, 5.41) is 13.6. The standard InChI is InChI=1S/C21H24FN3O6/c1-4-23-21(27)14(2)24(12-15-7-5-6-8-17(15)22)20(26)13-31-16-9-10-18(25(28)29)19(11-16)30-3/h5-11,14H,4,12-13H2,1-3H3,(H,23,27). The second-order valence-electron chi connectivity index (χ2n) is 6.56. The van der Waals surface area contributed by atoms with Crippen molar-refractivity contribution in [1.82, 2.24) is 10.2 Å². The fourth-order valence-electron chi connectivity index (χ4n) is 2.84. The number of nitro groups is 1. The van der Waals surface area contributed by atoms with Crippen LogP contribution in [0.3, 0.4) is 0 Å². The molecular weight excluding hydrogens is 409 g/mol. The van der Waals surface area contributed by atoms with Gasteiger partial charge in [0.05, 0.1) is 12.0 Å². The number of amides is 2. The van der Waals surface area contributed by atoms with Gasteiger partial charge in [0.25, 0.3) is 5.91 Å². The lowest BCUT2D eigenvalue weighted by Crippen LogP contribution is -2.49. The molecule has 0 fully saturated rings. The molecule has 0 aromatic heterocycles. The Labute approximate surface area is 178 Å². The molecule has 0 saturated carbocycles. The van der Waals surface area contributed by atoms with Crippen molar-refractivity contribution in [3.05, 3.63) is 64.0 Å². The van der Waals surface area contributed by atoms with Crippen molar-refractivity contribution in [3.63, 3.8) is 0 Å². The summed E-state index contributed by atoms with van der Waals surface area (Å²) >= 11 is 0. The van der Waals surface area contributed by atoms with Gasteiger partial charge in [-0.05, 0) is 26.0 Å². The lowest BCUT2D eigenvalue weighted by atomic mass is 10.1. The van der Waals surface area contributed by atoms with Crippen LogP contribution < -0.4 is 14.8 Å². The van der Waals surface area contributed by atoms with Crippen molar-refractivity contribution in [3.8, 4) is 11.5 Å². The first-order valence-electron chi connectivity index (χ1n) is 9.54. The maximum atomic E-state index is 14.1. The first kappa shape index (κ1) is 23.6. The van der Waals surface area contributed by atoms with Gasteiger partial charge in [-0.15, -0.1) is 0 Å². The van der Waals surface area contributed by atoms with Gasteiger partial charge in [0.1, 0.15) is 17.6 Å². The van der Waals surface area contributed by atoms with Gasteiger partial charge >= 0.3 is 5.69 Å². The van der Waals surface area contributed by atoms with E-state index in [1.165, 1.54) is 48.4 Å². The fraction of sp³-hybridized carbons (Fsp3) is 0.333. The fourth-order valence-corrected chi connectivity index (χ4v) is 2.84. The number of hydrogen-bond donors (Lipinski definition) is 1. The molecule has 1 N–H and O–H groups in total. The van der Waals surface area contributed by atoms with Crippen LogP contribution in [0.2, 0.25) is 0 Å². The zero-order valence-corrected chi connectivity index (χ0v) is 17.5. The summed E-state index contributed by atoms with van der Waals surface area (Å²) in [6.07, 6.45) is 0. The van der Waals surface area contributed by atoms with Gasteiger partial charge in [-0.25, -0.2) is 4.39 Å². The molecule has 0 heterocycles. The van der Waals surface area contributed by atoms with Crippen LogP contribution in [0.25, 0.3) is 0 Å². The van der Waals surface area contributed by atoms with Crippen LogP contribution in [-0.4, -0.2) is 47.9 Å². The van der Waals surface area contributed by atoms with Crippen molar-refractivity contribution < 1.29 is 28.4 Å². The summed E-state index contributed by atoms with van der Waals surface area (Å²) < 4.78 is 24.6. The summed E-state index contributed by atoms with van der Waals surface area (Å²) in [4.78, 5) is 36.8. The third-order valence-corrected chi connectivity index (χ3v) is 4.53. The number of nitro benzene ring substituents is 1. The Balaban J connectivity index is 2.19. The Morgan fingerprint density at radius 2 is 1.97 bits per heavy atom. The zero-order chi connectivity index (χ0) is 23.0. The van der Waals surface area contributed by atoms with Crippen LogP contribution >= 0.6 is 0 Å². The second-order valence-corrected chi connectivity index (χ2v) is 6.56. The van der Waals surface area contributed by atoms with Crippen molar-refractivity contribution in [2.45, 2.75) is 26.4 Å². The van der Waals surface area contributed by atoms with Gasteiger partial charge < -0.3 is 19.7 Å². The summed E-state index contributed by atoms with van der Waals surface area (Å²) in [7, 11) is 1.28. The number of halogens is 1. The minimum absolute atomic E-state index is 0.0196. The van der Waals surface area contributed by atoms with Gasteiger partial charge in [0.15, 0.2) is 6.61 Å². The Morgan fingerprint density at radius 3 is 2.58 bits per heavy atom. The van der Waals surface area contributed by atoms with Crippen molar-refractivity contribution in [2.75, 3.05) is 20.3 Å². The smallest absolute Gasteiger partial charge is 0.311 e. The number of methoxy groups -OCH3 is 1. The van der Waals surface area contributed by atoms with E-state index in [0.29, 0.717) is 6.54 Å². The number of nitrogens with one attached hydrogen (secondary N) is 1. The van der Waals surface area contributed by atoms with E-state index in [2.05, 4.69) is 5.32 Å². The van der Waals surface area contributed by atoms with Gasteiger partial charge in [0.2, 0.25) is 11.7 Å². The molecular formula is C21H24FN3O6. The van der Waals surface area contributed by atoms with Crippen LogP contribution in [0.1, 0.15) is 19.4 Å². The molecule has 2 amide bonds. The number of ether oxygens (including phenoxy) is 2. The number of rotatable bonds is 10. The second kappa shape index (κ2) is 10.9. The Hall–Kier alpha value is -3.69. The molecule has 0 bridgehead atoms. The third kappa shape index (κ3) is 6.14. The number of likely N-dealkylation sites (N-methyl/N-ethyl adjacent to an activating group) is 1. The van der Waals surface area contributed by atoms with E-state index < -0.39 is 29.3 Å². The minimum Gasteiger partial charge on any atom is -0.490 e. The van der Waals surface area contributed by atoms with Crippen molar-refractivity contribution in [1.29, 1.82) is 0 Å². The molecule has 2 rings (SSSR count). The predicted molar refractivity (Wildman–Crippen MR) is 110 cm³/mol. The lowest BCUT2D eigenvalue weighted by Gasteiger charge is -2.28. The van der Waals surface area contributed by atoms with E-state index in [-0.39, 0.29) is 35.2 Å². The maximum Gasteiger partial charge on any atom is 0.311 e. The maximum absolute atomic E-state index is 14.1. The molecule has 1 unspecified atom stereocenters. The van der Waals surface area contributed by atoms with Crippen LogP contribution in [0.4, 0.5) is 10.1 Å². The average Bonchev–Trinajstić information content (AvgIpc) is 2.76. The van der Waals surface area contributed by atoms with Gasteiger partial charge in [0, 0.05) is 30.8 Å². The largest absolute Gasteiger partial charge is 0.490 e. The van der Waals surface area contributed by atoms with E-state index in [9.17, 15) is 24.1 Å². The topological polar surface area (TPSA) is 111 Å². The molecule has 166 valence electrons. The number of hydrogen-bond acceptors (Lipinski definition) is 6. The first-order chi connectivity index (χ1) is 14.8. The highest BCUT2D eigenvalue weighted by Crippen LogP contribution is 2.30. The highest BCUT2D eigenvalue weighted by atomic mass is 19.1. The Morgan fingerprint density at radius 1 is 1.26 bits per heavy atom. The van der Waals surface area contributed by atoms with Crippen LogP contribution in [0.15, 0.2) is 42.5 Å². The molecule has 10 heteroatoms. The lowest BCUT2D eigenvalue weighted by molar-refractivity contribution is -0.385. The summed E-state index contributed by atoms with van der Waals surface area (Å²) in [5.41, 5.74) is 0.0104.